The standard InChI is InChI=1S/C16H18ClNO4/c17-12-7-9(5-6-13(12)22-8-14(19)20)18-16(21)15-10-3-1-2-4-11(10)15/h5-7,10-11,15H,1-4,8H2,(H,18,21)(H,19,20). The number of nitrogens with one attached hydrogen (secondary N) is 1. The number of carboxylic acid groups (broad SMARTS) is 1. The van der Waals surface area contributed by atoms with Gasteiger partial charge in [-0.15, -0.1) is 0 Å². The molecule has 3 rings (SSSR count). The molecule has 2 fully saturated rings. The predicted molar refractivity (Wildman–Crippen MR) is 82.2 cm³/mol. The van der Waals surface area contributed by atoms with E-state index in [9.17, 15) is 9.59 Å². The average Bonchev–Trinajstić information content (AvgIpc) is 3.20. The molecule has 0 aliphatic heterocycles. The molecule has 0 spiro atoms. The molecule has 2 aliphatic carbocycles. The monoisotopic (exact) mass is 323 g/mol. The Hall–Kier alpha value is -1.75. The maximum atomic E-state index is 12.3. The number of carbonyl (C=O) groups excluding carboxylic acids is 1. The highest BCUT2D eigenvalue weighted by Crippen LogP contribution is 2.55. The molecular weight excluding hydrogens is 306 g/mol. The lowest BCUT2D eigenvalue weighted by Gasteiger charge is -2.09. The van der Waals surface area contributed by atoms with E-state index in [1.165, 1.54) is 12.8 Å². The minimum Gasteiger partial charge on any atom is -0.480 e. The van der Waals surface area contributed by atoms with Crippen molar-refractivity contribution in [1.82, 2.24) is 0 Å². The number of hydrogen-bond acceptors (Lipinski definition) is 3. The number of fused-ring (bicyclic) bond motifs is 1. The topological polar surface area (TPSA) is 75.6 Å². The van der Waals surface area contributed by atoms with Gasteiger partial charge in [0.2, 0.25) is 5.91 Å². The highest BCUT2D eigenvalue weighted by atomic mass is 35.5. The van der Waals surface area contributed by atoms with E-state index in [0.29, 0.717) is 23.3 Å². The van der Waals surface area contributed by atoms with Gasteiger partial charge < -0.3 is 15.2 Å². The maximum Gasteiger partial charge on any atom is 0.341 e. The summed E-state index contributed by atoms with van der Waals surface area (Å²) in [4.78, 5) is 22.8. The summed E-state index contributed by atoms with van der Waals surface area (Å²) >= 11 is 6.04. The van der Waals surface area contributed by atoms with Crippen LogP contribution in [-0.4, -0.2) is 23.6 Å². The molecule has 1 aromatic carbocycles. The molecule has 0 saturated heterocycles. The molecule has 2 saturated carbocycles. The second-order valence-electron chi connectivity index (χ2n) is 5.95. The van der Waals surface area contributed by atoms with Crippen molar-refractivity contribution in [3.05, 3.63) is 23.2 Å². The number of halogens is 1. The van der Waals surface area contributed by atoms with Gasteiger partial charge >= 0.3 is 5.97 Å². The summed E-state index contributed by atoms with van der Waals surface area (Å²) in [5.74, 6) is 0.549. The van der Waals surface area contributed by atoms with Crippen LogP contribution >= 0.6 is 11.6 Å². The first kappa shape index (κ1) is 15.2. The zero-order valence-corrected chi connectivity index (χ0v) is 12.8. The van der Waals surface area contributed by atoms with Crippen molar-refractivity contribution in [1.29, 1.82) is 0 Å². The Morgan fingerprint density at radius 3 is 2.55 bits per heavy atom. The van der Waals surface area contributed by atoms with Crippen molar-refractivity contribution in [3.8, 4) is 5.75 Å². The van der Waals surface area contributed by atoms with Crippen LogP contribution in [0.2, 0.25) is 5.02 Å². The highest BCUT2D eigenvalue weighted by molar-refractivity contribution is 6.32. The SMILES string of the molecule is O=C(O)COc1ccc(NC(=O)C2C3CCCCC32)cc1Cl. The van der Waals surface area contributed by atoms with Crippen LogP contribution in [0, 0.1) is 17.8 Å². The van der Waals surface area contributed by atoms with E-state index >= 15 is 0 Å². The molecule has 6 heteroatoms. The lowest BCUT2D eigenvalue weighted by molar-refractivity contribution is -0.139. The number of benzene rings is 1. The summed E-state index contributed by atoms with van der Waals surface area (Å²) in [6.07, 6.45) is 4.77. The van der Waals surface area contributed by atoms with E-state index in [-0.39, 0.29) is 16.8 Å². The minimum atomic E-state index is -1.07. The first-order valence-electron chi connectivity index (χ1n) is 7.51. The van der Waals surface area contributed by atoms with Crippen molar-refractivity contribution in [2.45, 2.75) is 25.7 Å². The minimum absolute atomic E-state index is 0.0622. The predicted octanol–water partition coefficient (Wildman–Crippen LogP) is 3.18. The highest BCUT2D eigenvalue weighted by Gasteiger charge is 2.54. The van der Waals surface area contributed by atoms with Crippen LogP contribution in [0.15, 0.2) is 18.2 Å². The molecular formula is C16H18ClNO4. The molecule has 1 aromatic rings. The molecule has 0 radical (unpaired) electrons. The summed E-state index contributed by atoms with van der Waals surface area (Å²) < 4.78 is 5.05. The Labute approximate surface area is 133 Å². The summed E-state index contributed by atoms with van der Waals surface area (Å²) in [5, 5.41) is 11.8. The molecule has 118 valence electrons. The maximum absolute atomic E-state index is 12.3. The normalized spacial score (nSPS) is 26.0. The Morgan fingerprint density at radius 2 is 1.95 bits per heavy atom. The molecule has 1 amide bonds. The molecule has 0 bridgehead atoms. The van der Waals surface area contributed by atoms with Crippen LogP contribution in [0.4, 0.5) is 5.69 Å². The molecule has 2 atom stereocenters. The first-order chi connectivity index (χ1) is 10.6. The molecule has 0 aromatic heterocycles. The summed E-state index contributed by atoms with van der Waals surface area (Å²) in [6, 6.07) is 4.83. The van der Waals surface area contributed by atoms with Crippen molar-refractivity contribution in [3.63, 3.8) is 0 Å². The third kappa shape index (κ3) is 3.19. The van der Waals surface area contributed by atoms with Gasteiger partial charge in [-0.25, -0.2) is 4.79 Å². The van der Waals surface area contributed by atoms with Gasteiger partial charge in [0.25, 0.3) is 0 Å². The number of aliphatic carboxylic acids is 1. The summed E-state index contributed by atoms with van der Waals surface area (Å²) in [6.45, 7) is -0.448. The van der Waals surface area contributed by atoms with Crippen LogP contribution in [0.3, 0.4) is 0 Å². The number of carbonyl (C=O) groups is 2. The van der Waals surface area contributed by atoms with Crippen LogP contribution < -0.4 is 10.1 Å². The molecule has 0 heterocycles. The number of amides is 1. The number of carboxylic acids is 1. The van der Waals surface area contributed by atoms with Gasteiger partial charge in [0.05, 0.1) is 5.02 Å². The zero-order chi connectivity index (χ0) is 15.7. The van der Waals surface area contributed by atoms with Gasteiger partial charge in [0.15, 0.2) is 6.61 Å². The molecule has 2 N–H and O–H groups in total. The lowest BCUT2D eigenvalue weighted by atomic mass is 10.0. The van der Waals surface area contributed by atoms with Gasteiger partial charge in [-0.3, -0.25) is 4.79 Å². The summed E-state index contributed by atoms with van der Waals surface area (Å²) in [7, 11) is 0. The van der Waals surface area contributed by atoms with Gasteiger partial charge in [-0.1, -0.05) is 24.4 Å². The number of hydrogen-bond donors (Lipinski definition) is 2. The molecule has 2 unspecified atom stereocenters. The average molecular weight is 324 g/mol. The second kappa shape index (κ2) is 6.16. The third-order valence-corrected chi connectivity index (χ3v) is 4.81. The zero-order valence-electron chi connectivity index (χ0n) is 12.0. The van der Waals surface area contributed by atoms with Crippen molar-refractivity contribution in [2.24, 2.45) is 17.8 Å². The molecule has 5 nitrogen and oxygen atoms in total. The van der Waals surface area contributed by atoms with E-state index in [2.05, 4.69) is 5.32 Å². The van der Waals surface area contributed by atoms with Gasteiger partial charge in [0.1, 0.15) is 5.75 Å². The van der Waals surface area contributed by atoms with Crippen LogP contribution in [0.5, 0.6) is 5.75 Å². The van der Waals surface area contributed by atoms with E-state index < -0.39 is 12.6 Å². The van der Waals surface area contributed by atoms with Gasteiger partial charge in [-0.05, 0) is 42.9 Å². The fraction of sp³-hybridized carbons (Fsp3) is 0.500. The fourth-order valence-corrected chi connectivity index (χ4v) is 3.68. The van der Waals surface area contributed by atoms with Crippen molar-refractivity contribution < 1.29 is 19.4 Å². The third-order valence-electron chi connectivity index (χ3n) is 4.51. The van der Waals surface area contributed by atoms with E-state index in [1.54, 1.807) is 18.2 Å². The second-order valence-corrected chi connectivity index (χ2v) is 6.36. The van der Waals surface area contributed by atoms with Crippen LogP contribution in [-0.2, 0) is 9.59 Å². The number of ether oxygens (including phenoxy) is 1. The first-order valence-corrected chi connectivity index (χ1v) is 7.89. The Morgan fingerprint density at radius 1 is 1.27 bits per heavy atom. The molecule has 2 aliphatic rings. The smallest absolute Gasteiger partial charge is 0.341 e. The van der Waals surface area contributed by atoms with Gasteiger partial charge in [0, 0.05) is 11.6 Å². The Kier molecular flexibility index (Phi) is 4.25. The largest absolute Gasteiger partial charge is 0.480 e. The number of rotatable bonds is 5. The van der Waals surface area contributed by atoms with Gasteiger partial charge in [-0.2, -0.15) is 0 Å². The number of anilines is 1. The fourth-order valence-electron chi connectivity index (χ4n) is 3.44. The van der Waals surface area contributed by atoms with Crippen LogP contribution in [0.1, 0.15) is 25.7 Å². The Balaban J connectivity index is 1.60. The Bertz CT molecular complexity index is 592. The van der Waals surface area contributed by atoms with Crippen molar-refractivity contribution >= 4 is 29.2 Å². The van der Waals surface area contributed by atoms with Crippen LogP contribution in [0.25, 0.3) is 0 Å². The van der Waals surface area contributed by atoms with E-state index in [4.69, 9.17) is 21.4 Å². The van der Waals surface area contributed by atoms with Crippen molar-refractivity contribution in [2.75, 3.05) is 11.9 Å². The molecule has 22 heavy (non-hydrogen) atoms. The van der Waals surface area contributed by atoms with E-state index in [1.807, 2.05) is 0 Å². The lowest BCUT2D eigenvalue weighted by Crippen LogP contribution is -2.15. The van der Waals surface area contributed by atoms with E-state index in [0.717, 1.165) is 12.8 Å². The summed E-state index contributed by atoms with van der Waals surface area (Å²) in [5.41, 5.74) is 0.612. The quantitative estimate of drug-likeness (QED) is 0.872.